The van der Waals surface area contributed by atoms with Crippen molar-refractivity contribution >= 4 is 18.0 Å². The number of hydrogen-bond donors (Lipinski definition) is 4. The summed E-state index contributed by atoms with van der Waals surface area (Å²) < 4.78 is 55.7. The van der Waals surface area contributed by atoms with Gasteiger partial charge in [0.2, 0.25) is 6.79 Å². The molecule has 0 spiro atoms. The van der Waals surface area contributed by atoms with Gasteiger partial charge in [0.25, 0.3) is 0 Å². The number of carbonyl (C=O) groups is 2. The number of aliphatic hydroxyl groups excluding tert-OH is 2. The van der Waals surface area contributed by atoms with Crippen LogP contribution in [0.15, 0.2) is 36.4 Å². The molecule has 67 heavy (non-hydrogen) atoms. The molecule has 4 aliphatic rings. The lowest BCUT2D eigenvalue weighted by Crippen LogP contribution is -2.61. The van der Waals surface area contributed by atoms with Crippen LogP contribution in [0.25, 0.3) is 6.08 Å². The second kappa shape index (κ2) is 22.7. The van der Waals surface area contributed by atoms with Crippen LogP contribution >= 0.6 is 0 Å². The number of methoxy groups -OCH3 is 1. The molecule has 17 nitrogen and oxygen atoms in total. The third-order valence-corrected chi connectivity index (χ3v) is 14.5. The van der Waals surface area contributed by atoms with Gasteiger partial charge >= 0.3 is 11.9 Å². The molecular formula is C50H80N2O15. The Morgan fingerprint density at radius 1 is 0.940 bits per heavy atom. The fourth-order valence-electron chi connectivity index (χ4n) is 10.3. The molecule has 0 amide bonds. The van der Waals surface area contributed by atoms with Crippen LogP contribution in [-0.2, 0) is 42.7 Å². The van der Waals surface area contributed by atoms with Crippen LogP contribution in [0.1, 0.15) is 100 Å². The largest absolute Gasteiger partial charge is 0.459 e. The Hall–Kier alpha value is -3.20. The number of hydrogen-bond acceptors (Lipinski definition) is 17. The number of ether oxygens (including phenoxy) is 9. The molecule has 0 bridgehead atoms. The van der Waals surface area contributed by atoms with Gasteiger partial charge in [0.15, 0.2) is 30.2 Å². The van der Waals surface area contributed by atoms with Gasteiger partial charge in [0, 0.05) is 38.1 Å². The minimum absolute atomic E-state index is 0.0901. The first kappa shape index (κ1) is 54.7. The van der Waals surface area contributed by atoms with Crippen molar-refractivity contribution in [3.05, 3.63) is 42.0 Å². The Kier molecular flexibility index (Phi) is 18.5. The molecule has 4 aliphatic heterocycles. The second-order valence-corrected chi connectivity index (χ2v) is 20.4. The maximum Gasteiger partial charge on any atom is 0.331 e. The van der Waals surface area contributed by atoms with Crippen LogP contribution in [0, 0.1) is 17.8 Å². The minimum atomic E-state index is -1.85. The molecule has 0 saturated carbocycles. The number of benzene rings is 1. The number of likely N-dealkylation sites (N-methyl/N-ethyl adjacent to an activating group) is 2. The van der Waals surface area contributed by atoms with Crippen molar-refractivity contribution in [1.82, 2.24) is 9.80 Å². The highest BCUT2D eigenvalue weighted by Crippen LogP contribution is 2.41. The molecule has 4 N–H and O–H groups in total. The molecule has 0 radical (unpaired) electrons. The lowest BCUT2D eigenvalue weighted by atomic mass is 9.77. The van der Waals surface area contributed by atoms with Gasteiger partial charge in [0.1, 0.15) is 23.9 Å². The lowest BCUT2D eigenvalue weighted by Gasteiger charge is -2.49. The molecule has 3 fully saturated rings. The highest BCUT2D eigenvalue weighted by atomic mass is 16.7. The summed E-state index contributed by atoms with van der Waals surface area (Å²) in [5.41, 5.74) is -3.73. The van der Waals surface area contributed by atoms with Crippen LogP contribution in [-0.4, -0.2) is 174 Å². The molecule has 17 heteroatoms. The smallest absolute Gasteiger partial charge is 0.331 e. The summed E-state index contributed by atoms with van der Waals surface area (Å²) in [6.45, 7) is 18.1. The van der Waals surface area contributed by atoms with E-state index in [1.165, 1.54) is 20.1 Å². The van der Waals surface area contributed by atoms with Crippen molar-refractivity contribution in [2.75, 3.05) is 41.6 Å². The molecule has 0 aliphatic carbocycles. The van der Waals surface area contributed by atoms with E-state index in [1.807, 2.05) is 76.0 Å². The fourth-order valence-corrected chi connectivity index (χ4v) is 10.3. The zero-order valence-corrected chi connectivity index (χ0v) is 42.1. The molecule has 3 saturated heterocycles. The third kappa shape index (κ3) is 13.0. The molecule has 18 atom stereocenters. The van der Waals surface area contributed by atoms with Crippen LogP contribution in [0.4, 0.5) is 0 Å². The highest BCUT2D eigenvalue weighted by Gasteiger charge is 2.53. The molecule has 380 valence electrons. The van der Waals surface area contributed by atoms with Crippen molar-refractivity contribution in [2.24, 2.45) is 17.8 Å². The second-order valence-electron chi connectivity index (χ2n) is 20.4. The number of cyclic esters (lactones) is 1. The van der Waals surface area contributed by atoms with Crippen LogP contribution in [0.2, 0.25) is 0 Å². The number of fused-ring (bicyclic) bond motifs is 1. The first-order valence-corrected chi connectivity index (χ1v) is 23.8. The van der Waals surface area contributed by atoms with Crippen molar-refractivity contribution in [3.63, 3.8) is 0 Å². The zero-order valence-electron chi connectivity index (χ0n) is 42.1. The van der Waals surface area contributed by atoms with Gasteiger partial charge in [-0.1, -0.05) is 45.1 Å². The monoisotopic (exact) mass is 949 g/mol. The molecule has 1 unspecified atom stereocenters. The number of allylic oxidation sites excluding steroid dienone is 2. The van der Waals surface area contributed by atoms with Gasteiger partial charge in [-0.2, -0.15) is 0 Å². The molecule has 5 rings (SSSR count). The van der Waals surface area contributed by atoms with Gasteiger partial charge in [0.05, 0.1) is 47.6 Å². The predicted octanol–water partition coefficient (Wildman–Crippen LogP) is 4.45. The van der Waals surface area contributed by atoms with E-state index in [2.05, 4.69) is 0 Å². The van der Waals surface area contributed by atoms with Gasteiger partial charge in [-0.3, -0.25) is 4.79 Å². The zero-order chi connectivity index (χ0) is 49.8. The Balaban J connectivity index is 1.54. The first-order chi connectivity index (χ1) is 31.3. The van der Waals surface area contributed by atoms with E-state index < -0.39 is 102 Å². The summed E-state index contributed by atoms with van der Waals surface area (Å²) >= 11 is 0. The van der Waals surface area contributed by atoms with Crippen molar-refractivity contribution in [3.8, 4) is 11.5 Å². The van der Waals surface area contributed by atoms with Gasteiger partial charge < -0.3 is 72.9 Å². The number of rotatable bonds is 11. The number of aliphatic hydroxyl groups is 4. The van der Waals surface area contributed by atoms with Gasteiger partial charge in [-0.15, -0.1) is 0 Å². The number of esters is 2. The third-order valence-electron chi connectivity index (χ3n) is 14.5. The Morgan fingerprint density at radius 3 is 2.28 bits per heavy atom. The summed E-state index contributed by atoms with van der Waals surface area (Å²) in [5.74, 6) is -2.18. The van der Waals surface area contributed by atoms with E-state index in [1.54, 1.807) is 53.7 Å². The summed E-state index contributed by atoms with van der Waals surface area (Å²) in [6, 6.07) is 4.59. The van der Waals surface area contributed by atoms with Crippen LogP contribution in [0.5, 0.6) is 11.5 Å². The normalized spacial score (nSPS) is 41.8. The molecule has 0 aromatic heterocycles. The minimum Gasteiger partial charge on any atom is -0.459 e. The lowest BCUT2D eigenvalue weighted by molar-refractivity contribution is -0.318. The number of nitrogens with zero attached hydrogens (tertiary/aromatic N) is 2. The maximum atomic E-state index is 14.5. The van der Waals surface area contributed by atoms with Crippen LogP contribution in [0.3, 0.4) is 0 Å². The van der Waals surface area contributed by atoms with Gasteiger partial charge in [-0.25, -0.2) is 4.79 Å². The first-order valence-electron chi connectivity index (χ1n) is 23.8. The maximum absolute atomic E-state index is 14.5. The molecular weight excluding hydrogens is 869 g/mol. The number of carbonyl (C=O) groups excluding carboxylic acids is 2. The highest BCUT2D eigenvalue weighted by molar-refractivity contribution is 5.82. The topological polar surface area (TPSA) is 205 Å². The Bertz CT molecular complexity index is 1860. The summed E-state index contributed by atoms with van der Waals surface area (Å²) in [5, 5.41) is 47.5. The van der Waals surface area contributed by atoms with Crippen molar-refractivity contribution in [2.45, 2.75) is 185 Å². The van der Waals surface area contributed by atoms with Crippen LogP contribution < -0.4 is 9.47 Å². The SMILES string of the molecule is CC[C@@H]1OC(=O)[C@@H](C)[C@H](O[C@@H]2C[C@](C)(OC)[C@H](O)[C@@H](C)O2)[C@@H](C)[C@H](O[C@H]2O[C@@H](C)C[C@@H](N(C)C)[C@@H]2OC(=O)/C=C/C=C/c2ccc3c(c2)OCO3)C(C)(O)C[C@H](C)CN(C)[C@@H](C)[C@H](O)[C@@]1(C)O. The van der Waals surface area contributed by atoms with Crippen molar-refractivity contribution < 1.29 is 72.6 Å². The predicted molar refractivity (Wildman–Crippen MR) is 249 cm³/mol. The molecule has 1 aromatic rings. The average Bonchev–Trinajstić information content (AvgIpc) is 3.74. The van der Waals surface area contributed by atoms with Crippen molar-refractivity contribution in [1.29, 1.82) is 0 Å². The van der Waals surface area contributed by atoms with E-state index in [-0.39, 0.29) is 44.1 Å². The summed E-state index contributed by atoms with van der Waals surface area (Å²) in [6.07, 6.45) is -2.53. The van der Waals surface area contributed by atoms with E-state index >= 15 is 0 Å². The average molecular weight is 949 g/mol. The Morgan fingerprint density at radius 2 is 1.63 bits per heavy atom. The quantitative estimate of drug-likeness (QED) is 0.137. The summed E-state index contributed by atoms with van der Waals surface area (Å²) in [7, 11) is 7.10. The molecule has 4 heterocycles. The molecule has 1 aromatic carbocycles. The Labute approximate surface area is 397 Å². The van der Waals surface area contributed by atoms with E-state index in [4.69, 9.17) is 42.6 Å². The van der Waals surface area contributed by atoms with Gasteiger partial charge in [-0.05, 0) is 112 Å². The van der Waals surface area contributed by atoms with E-state index in [0.29, 0.717) is 24.5 Å². The fraction of sp³-hybridized carbons (Fsp3) is 0.760. The van der Waals surface area contributed by atoms with E-state index in [0.717, 1.165) is 5.56 Å². The summed E-state index contributed by atoms with van der Waals surface area (Å²) in [4.78, 5) is 32.1. The standard InChI is InChI=1S/C50H80N2O15/c1-15-38-50(10,58)43(54)32(6)52(13)26-28(2)24-48(8,57)45(30(4)41(31(5)46(56)64-38)66-40-25-49(9,59-14)44(55)33(7)63-40)67-47-42(35(51(11)12)22-29(3)62-47)65-39(53)19-17-16-18-34-20-21-36-37(23-34)61-27-60-36/h16-21,23,28-33,35,38,40-45,47,54-55,57-58H,15,22,24-27H2,1-14H3/b18-16+,19-17+/t28-,29-,30+,31-,32-,33+,35+,38-,40+,41+,42-,43-,44+,45-,47+,48?,49-,50-/m0/s1. The van der Waals surface area contributed by atoms with E-state index in [9.17, 15) is 30.0 Å².